The molecule has 2 aromatic rings. The van der Waals surface area contributed by atoms with E-state index in [1.807, 2.05) is 0 Å². The fourth-order valence-corrected chi connectivity index (χ4v) is 2.06. The third-order valence-electron chi connectivity index (χ3n) is 2.78. The summed E-state index contributed by atoms with van der Waals surface area (Å²) in [5.41, 5.74) is 0.685. The number of rotatable bonds is 5. The van der Waals surface area contributed by atoms with Gasteiger partial charge in [-0.15, -0.1) is 0 Å². The maximum absolute atomic E-state index is 11.5. The Morgan fingerprint density at radius 3 is 2.54 bits per heavy atom. The molecule has 0 saturated carbocycles. The van der Waals surface area contributed by atoms with E-state index in [1.54, 1.807) is 24.3 Å². The first-order valence-corrected chi connectivity index (χ1v) is 7.58. The number of nitrogens with one attached hydrogen (secondary N) is 3. The van der Waals surface area contributed by atoms with Crippen LogP contribution >= 0.6 is 23.2 Å². The number of halogens is 2. The zero-order valence-electron chi connectivity index (χ0n) is 12.6. The normalized spacial score (nSPS) is 9.96. The minimum Gasteiger partial charge on any atom is -0.438 e. The van der Waals surface area contributed by atoms with Gasteiger partial charge in [-0.25, -0.2) is 9.78 Å². The second kappa shape index (κ2) is 8.37. The molecule has 24 heavy (non-hydrogen) atoms. The largest absolute Gasteiger partial charge is 0.438 e. The van der Waals surface area contributed by atoms with E-state index >= 15 is 0 Å². The predicted octanol–water partition coefficient (Wildman–Crippen LogP) is 3.05. The van der Waals surface area contributed by atoms with Gasteiger partial charge in [0.2, 0.25) is 11.8 Å². The SMILES string of the molecule is CNC(=O)NC(=O)CNc1ccc(Oc2ncc(Cl)cc2Cl)cc1. The fourth-order valence-electron chi connectivity index (χ4n) is 1.65. The van der Waals surface area contributed by atoms with Crippen molar-refractivity contribution in [2.24, 2.45) is 0 Å². The number of aromatic nitrogens is 1. The van der Waals surface area contributed by atoms with Gasteiger partial charge in [0.05, 0.1) is 11.6 Å². The van der Waals surface area contributed by atoms with Crippen LogP contribution in [0.5, 0.6) is 11.6 Å². The van der Waals surface area contributed by atoms with Crippen molar-refractivity contribution in [3.63, 3.8) is 0 Å². The van der Waals surface area contributed by atoms with Crippen LogP contribution in [0.25, 0.3) is 0 Å². The zero-order chi connectivity index (χ0) is 17.5. The molecule has 0 bridgehead atoms. The van der Waals surface area contributed by atoms with Gasteiger partial charge in [0, 0.05) is 18.9 Å². The first-order valence-electron chi connectivity index (χ1n) is 6.82. The number of hydrogen-bond acceptors (Lipinski definition) is 5. The first kappa shape index (κ1) is 17.8. The Kier molecular flexibility index (Phi) is 6.22. The lowest BCUT2D eigenvalue weighted by molar-refractivity contribution is -0.118. The highest BCUT2D eigenvalue weighted by atomic mass is 35.5. The fraction of sp³-hybridized carbons (Fsp3) is 0.133. The van der Waals surface area contributed by atoms with Crippen molar-refractivity contribution in [1.29, 1.82) is 0 Å². The number of nitrogens with zero attached hydrogens (tertiary/aromatic N) is 1. The molecular formula is C15H14Cl2N4O3. The number of imide groups is 1. The molecule has 1 heterocycles. The molecule has 3 amide bonds. The third kappa shape index (κ3) is 5.29. The molecular weight excluding hydrogens is 355 g/mol. The van der Waals surface area contributed by atoms with E-state index in [1.165, 1.54) is 19.3 Å². The van der Waals surface area contributed by atoms with Crippen molar-refractivity contribution in [2.45, 2.75) is 0 Å². The Morgan fingerprint density at radius 2 is 1.92 bits per heavy atom. The van der Waals surface area contributed by atoms with E-state index in [4.69, 9.17) is 27.9 Å². The number of urea groups is 1. The predicted molar refractivity (Wildman–Crippen MR) is 91.9 cm³/mol. The summed E-state index contributed by atoms with van der Waals surface area (Å²) in [7, 11) is 1.43. The van der Waals surface area contributed by atoms with Crippen LogP contribution in [-0.4, -0.2) is 30.5 Å². The number of carbonyl (C=O) groups excluding carboxylic acids is 2. The van der Waals surface area contributed by atoms with Crippen LogP contribution in [0.2, 0.25) is 10.0 Å². The minimum atomic E-state index is -0.558. The lowest BCUT2D eigenvalue weighted by atomic mass is 10.3. The van der Waals surface area contributed by atoms with Crippen LogP contribution in [0.3, 0.4) is 0 Å². The molecule has 2 rings (SSSR count). The molecule has 0 fully saturated rings. The van der Waals surface area contributed by atoms with E-state index in [2.05, 4.69) is 20.9 Å². The van der Waals surface area contributed by atoms with Crippen LogP contribution in [0.4, 0.5) is 10.5 Å². The molecule has 0 aliphatic carbocycles. The van der Waals surface area contributed by atoms with E-state index in [0.717, 1.165) is 0 Å². The van der Waals surface area contributed by atoms with E-state index < -0.39 is 11.9 Å². The van der Waals surface area contributed by atoms with Gasteiger partial charge >= 0.3 is 6.03 Å². The summed E-state index contributed by atoms with van der Waals surface area (Å²) in [5, 5.41) is 8.03. The summed E-state index contributed by atoms with van der Waals surface area (Å²) >= 11 is 11.8. The number of ether oxygens (including phenoxy) is 1. The Morgan fingerprint density at radius 1 is 1.21 bits per heavy atom. The molecule has 0 spiro atoms. The summed E-state index contributed by atoms with van der Waals surface area (Å²) in [4.78, 5) is 26.5. The summed E-state index contributed by atoms with van der Waals surface area (Å²) < 4.78 is 5.55. The lowest BCUT2D eigenvalue weighted by Gasteiger charge is -2.09. The van der Waals surface area contributed by atoms with Crippen LogP contribution < -0.4 is 20.7 Å². The Balaban J connectivity index is 1.91. The van der Waals surface area contributed by atoms with E-state index in [0.29, 0.717) is 21.5 Å². The second-order valence-electron chi connectivity index (χ2n) is 4.55. The molecule has 0 radical (unpaired) electrons. The standard InChI is InChI=1S/C15H14Cl2N4O3/c1-18-15(23)21-13(22)8-19-10-2-4-11(5-3-10)24-14-12(17)6-9(16)7-20-14/h2-7,19H,8H2,1H3,(H2,18,21,22,23). The number of anilines is 1. The quantitative estimate of drug-likeness (QED) is 0.754. The third-order valence-corrected chi connectivity index (χ3v) is 3.25. The molecule has 9 heteroatoms. The van der Waals surface area contributed by atoms with Crippen molar-refractivity contribution >= 4 is 40.8 Å². The van der Waals surface area contributed by atoms with Crippen molar-refractivity contribution in [3.05, 3.63) is 46.6 Å². The molecule has 7 nitrogen and oxygen atoms in total. The van der Waals surface area contributed by atoms with Crippen LogP contribution in [0.15, 0.2) is 36.5 Å². The van der Waals surface area contributed by atoms with Crippen molar-refractivity contribution < 1.29 is 14.3 Å². The average Bonchev–Trinajstić information content (AvgIpc) is 2.56. The lowest BCUT2D eigenvalue weighted by Crippen LogP contribution is -2.40. The van der Waals surface area contributed by atoms with Gasteiger partial charge in [0.25, 0.3) is 0 Å². The Hall–Kier alpha value is -2.51. The van der Waals surface area contributed by atoms with Crippen molar-refractivity contribution in [3.8, 4) is 11.6 Å². The molecule has 0 saturated heterocycles. The van der Waals surface area contributed by atoms with Gasteiger partial charge in [-0.1, -0.05) is 23.2 Å². The zero-order valence-corrected chi connectivity index (χ0v) is 14.1. The molecule has 126 valence electrons. The summed E-state index contributed by atoms with van der Waals surface area (Å²) in [6.45, 7) is -0.0435. The van der Waals surface area contributed by atoms with Gasteiger partial charge in [-0.2, -0.15) is 0 Å². The molecule has 3 N–H and O–H groups in total. The first-order chi connectivity index (χ1) is 11.5. The van der Waals surface area contributed by atoms with Crippen LogP contribution in [-0.2, 0) is 4.79 Å². The molecule has 0 unspecified atom stereocenters. The van der Waals surface area contributed by atoms with E-state index in [9.17, 15) is 9.59 Å². The highest BCUT2D eigenvalue weighted by molar-refractivity contribution is 6.35. The smallest absolute Gasteiger partial charge is 0.321 e. The summed E-state index contributed by atoms with van der Waals surface area (Å²) in [6.07, 6.45) is 1.43. The van der Waals surface area contributed by atoms with Crippen LogP contribution in [0, 0.1) is 0 Å². The maximum Gasteiger partial charge on any atom is 0.321 e. The van der Waals surface area contributed by atoms with Gasteiger partial charge in [-0.3, -0.25) is 10.1 Å². The number of carbonyl (C=O) groups is 2. The van der Waals surface area contributed by atoms with E-state index in [-0.39, 0.29) is 12.4 Å². The Labute approximate surface area is 148 Å². The number of pyridine rings is 1. The average molecular weight is 369 g/mol. The van der Waals surface area contributed by atoms with Crippen LogP contribution in [0.1, 0.15) is 0 Å². The second-order valence-corrected chi connectivity index (χ2v) is 5.39. The van der Waals surface area contributed by atoms with Gasteiger partial charge < -0.3 is 15.4 Å². The topological polar surface area (TPSA) is 92.4 Å². The van der Waals surface area contributed by atoms with Gasteiger partial charge in [0.1, 0.15) is 10.8 Å². The van der Waals surface area contributed by atoms with Crippen molar-refractivity contribution in [2.75, 3.05) is 18.9 Å². The minimum absolute atomic E-state index is 0.0435. The monoisotopic (exact) mass is 368 g/mol. The van der Waals surface area contributed by atoms with Crippen molar-refractivity contribution in [1.82, 2.24) is 15.6 Å². The number of amides is 3. The highest BCUT2D eigenvalue weighted by Gasteiger charge is 2.07. The number of hydrogen-bond donors (Lipinski definition) is 3. The van der Waals surface area contributed by atoms with Gasteiger partial charge in [0.15, 0.2) is 0 Å². The highest BCUT2D eigenvalue weighted by Crippen LogP contribution is 2.29. The summed E-state index contributed by atoms with van der Waals surface area (Å²) in [5.74, 6) is 0.311. The van der Waals surface area contributed by atoms with Gasteiger partial charge in [-0.05, 0) is 30.3 Å². The Bertz CT molecular complexity index is 738. The molecule has 0 atom stereocenters. The molecule has 1 aromatic carbocycles. The molecule has 0 aliphatic heterocycles. The maximum atomic E-state index is 11.5. The summed E-state index contributed by atoms with van der Waals surface area (Å²) in [6, 6.07) is 7.78. The molecule has 0 aliphatic rings. The number of benzene rings is 1. The molecule has 1 aromatic heterocycles.